The molecule has 13 heavy (non-hydrogen) atoms. The van der Waals surface area contributed by atoms with Crippen LogP contribution in [0.1, 0.15) is 12.1 Å². The Morgan fingerprint density at radius 2 is 2.62 bits per heavy atom. The van der Waals surface area contributed by atoms with Gasteiger partial charge in [-0.25, -0.2) is 0 Å². The van der Waals surface area contributed by atoms with Gasteiger partial charge in [-0.2, -0.15) is 5.10 Å². The highest BCUT2D eigenvalue weighted by Gasteiger charge is 2.20. The summed E-state index contributed by atoms with van der Waals surface area (Å²) in [5.74, 6) is 1.37. The zero-order valence-corrected chi connectivity index (χ0v) is 7.95. The van der Waals surface area contributed by atoms with Crippen LogP contribution in [0.5, 0.6) is 0 Å². The molecule has 1 atom stereocenters. The van der Waals surface area contributed by atoms with Crippen LogP contribution in [0.3, 0.4) is 0 Å². The number of H-pyrrole nitrogens is 1. The van der Waals surface area contributed by atoms with Crippen LogP contribution in [-0.4, -0.2) is 35.2 Å². The Bertz CT molecular complexity index is 281. The third-order valence-electron chi connectivity index (χ3n) is 2.65. The van der Waals surface area contributed by atoms with Crippen molar-refractivity contribution in [1.82, 2.24) is 15.1 Å². The standard InChI is InChI=1S/C9H16N4/c1-13-3-2-7(6-13)4-8-5-9(10)12-11-8/h5,7H,2-4,6H2,1H3,(H3,10,11,12). The van der Waals surface area contributed by atoms with E-state index in [1.165, 1.54) is 19.5 Å². The highest BCUT2D eigenvalue weighted by atomic mass is 15.2. The number of aromatic amines is 1. The van der Waals surface area contributed by atoms with Crippen LogP contribution < -0.4 is 5.73 Å². The van der Waals surface area contributed by atoms with Crippen molar-refractivity contribution < 1.29 is 0 Å². The van der Waals surface area contributed by atoms with Gasteiger partial charge in [0.2, 0.25) is 0 Å². The summed E-state index contributed by atoms with van der Waals surface area (Å²) in [5, 5.41) is 6.87. The summed E-state index contributed by atoms with van der Waals surface area (Å²) in [7, 11) is 2.17. The third-order valence-corrected chi connectivity index (χ3v) is 2.65. The molecule has 4 heteroatoms. The fourth-order valence-corrected chi connectivity index (χ4v) is 1.99. The van der Waals surface area contributed by atoms with E-state index >= 15 is 0 Å². The van der Waals surface area contributed by atoms with E-state index in [-0.39, 0.29) is 0 Å². The zero-order valence-electron chi connectivity index (χ0n) is 7.95. The first-order valence-corrected chi connectivity index (χ1v) is 4.72. The molecule has 0 radical (unpaired) electrons. The molecule has 4 nitrogen and oxygen atoms in total. The van der Waals surface area contributed by atoms with Gasteiger partial charge in [0.05, 0.1) is 0 Å². The second kappa shape index (κ2) is 3.38. The van der Waals surface area contributed by atoms with E-state index in [2.05, 4.69) is 22.1 Å². The van der Waals surface area contributed by atoms with E-state index in [0.717, 1.165) is 18.0 Å². The number of nitrogen functional groups attached to an aromatic ring is 1. The molecule has 0 amide bonds. The second-order valence-corrected chi connectivity index (χ2v) is 3.94. The molecule has 1 fully saturated rings. The fourth-order valence-electron chi connectivity index (χ4n) is 1.99. The number of nitrogens with two attached hydrogens (primary N) is 1. The van der Waals surface area contributed by atoms with E-state index in [0.29, 0.717) is 5.82 Å². The molecule has 0 aromatic carbocycles. The lowest BCUT2D eigenvalue weighted by atomic mass is 10.0. The maximum absolute atomic E-state index is 5.53. The minimum Gasteiger partial charge on any atom is -0.382 e. The summed E-state index contributed by atoms with van der Waals surface area (Å²) in [6, 6.07) is 1.93. The van der Waals surface area contributed by atoms with Crippen LogP contribution in [-0.2, 0) is 6.42 Å². The first kappa shape index (κ1) is 8.56. The Morgan fingerprint density at radius 1 is 1.77 bits per heavy atom. The SMILES string of the molecule is CN1CCC(Cc2cc(N)n[nH]2)C1. The van der Waals surface area contributed by atoms with Crippen molar-refractivity contribution in [2.24, 2.45) is 5.92 Å². The molecule has 3 N–H and O–H groups in total. The third kappa shape index (κ3) is 2.01. The number of hydrogen-bond donors (Lipinski definition) is 2. The lowest BCUT2D eigenvalue weighted by molar-refractivity contribution is 0.393. The Hall–Kier alpha value is -1.03. The van der Waals surface area contributed by atoms with Gasteiger partial charge in [0.15, 0.2) is 0 Å². The van der Waals surface area contributed by atoms with Gasteiger partial charge in [0, 0.05) is 18.3 Å². The van der Waals surface area contributed by atoms with Gasteiger partial charge in [0.1, 0.15) is 5.82 Å². The Morgan fingerprint density at radius 3 is 3.15 bits per heavy atom. The van der Waals surface area contributed by atoms with Gasteiger partial charge in [-0.15, -0.1) is 0 Å². The van der Waals surface area contributed by atoms with E-state index in [1.807, 2.05) is 6.07 Å². The first-order valence-electron chi connectivity index (χ1n) is 4.72. The number of nitrogens with zero attached hydrogens (tertiary/aromatic N) is 2. The highest BCUT2D eigenvalue weighted by molar-refractivity contribution is 5.28. The van der Waals surface area contributed by atoms with E-state index < -0.39 is 0 Å². The summed E-state index contributed by atoms with van der Waals surface area (Å²) in [6.07, 6.45) is 2.37. The van der Waals surface area contributed by atoms with Crippen molar-refractivity contribution in [3.05, 3.63) is 11.8 Å². The maximum atomic E-state index is 5.53. The molecule has 1 unspecified atom stereocenters. The minimum absolute atomic E-state index is 0.598. The van der Waals surface area contributed by atoms with Gasteiger partial charge in [-0.3, -0.25) is 5.10 Å². The van der Waals surface area contributed by atoms with Gasteiger partial charge in [-0.1, -0.05) is 0 Å². The average molecular weight is 180 g/mol. The molecule has 1 saturated heterocycles. The quantitative estimate of drug-likeness (QED) is 0.696. The Kier molecular flexibility index (Phi) is 2.22. The molecular formula is C9H16N4. The molecule has 1 aromatic rings. The van der Waals surface area contributed by atoms with Crippen LogP contribution in [0.25, 0.3) is 0 Å². The number of anilines is 1. The Balaban J connectivity index is 1.91. The monoisotopic (exact) mass is 180 g/mol. The predicted molar refractivity (Wildman–Crippen MR) is 52.3 cm³/mol. The van der Waals surface area contributed by atoms with E-state index in [1.54, 1.807) is 0 Å². The van der Waals surface area contributed by atoms with Crippen molar-refractivity contribution in [2.75, 3.05) is 25.9 Å². The van der Waals surface area contributed by atoms with Crippen molar-refractivity contribution in [3.63, 3.8) is 0 Å². The van der Waals surface area contributed by atoms with Crippen molar-refractivity contribution in [1.29, 1.82) is 0 Å². The van der Waals surface area contributed by atoms with Gasteiger partial charge in [0.25, 0.3) is 0 Å². The number of rotatable bonds is 2. The lowest BCUT2D eigenvalue weighted by Gasteiger charge is -2.08. The Labute approximate surface area is 78.1 Å². The summed E-state index contributed by atoms with van der Waals surface area (Å²) >= 11 is 0. The minimum atomic E-state index is 0.598. The van der Waals surface area contributed by atoms with Gasteiger partial charge in [-0.05, 0) is 32.4 Å². The normalized spacial score (nSPS) is 23.9. The molecule has 1 aliphatic heterocycles. The molecule has 1 aromatic heterocycles. The lowest BCUT2D eigenvalue weighted by Crippen LogP contribution is -2.15. The number of nitrogens with one attached hydrogen (secondary N) is 1. The summed E-state index contributed by atoms with van der Waals surface area (Å²) < 4.78 is 0. The van der Waals surface area contributed by atoms with Crippen LogP contribution in [0.15, 0.2) is 6.07 Å². The van der Waals surface area contributed by atoms with Crippen molar-refractivity contribution in [3.8, 4) is 0 Å². The first-order chi connectivity index (χ1) is 6.24. The summed E-state index contributed by atoms with van der Waals surface area (Å²) in [6.45, 7) is 2.41. The predicted octanol–water partition coefficient (Wildman–Crippen LogP) is 0.486. The van der Waals surface area contributed by atoms with Crippen molar-refractivity contribution in [2.45, 2.75) is 12.8 Å². The summed E-state index contributed by atoms with van der Waals surface area (Å²) in [4.78, 5) is 2.37. The van der Waals surface area contributed by atoms with Gasteiger partial charge < -0.3 is 10.6 Å². The molecule has 2 rings (SSSR count). The fraction of sp³-hybridized carbons (Fsp3) is 0.667. The molecule has 0 saturated carbocycles. The molecule has 72 valence electrons. The molecule has 0 bridgehead atoms. The van der Waals surface area contributed by atoms with Gasteiger partial charge >= 0.3 is 0 Å². The zero-order chi connectivity index (χ0) is 9.26. The van der Waals surface area contributed by atoms with Crippen LogP contribution in [0.2, 0.25) is 0 Å². The van der Waals surface area contributed by atoms with Crippen LogP contribution in [0, 0.1) is 5.92 Å². The molecule has 2 heterocycles. The largest absolute Gasteiger partial charge is 0.382 e. The van der Waals surface area contributed by atoms with Crippen LogP contribution in [0.4, 0.5) is 5.82 Å². The molecule has 0 aliphatic carbocycles. The van der Waals surface area contributed by atoms with Crippen LogP contribution >= 0.6 is 0 Å². The van der Waals surface area contributed by atoms with E-state index in [4.69, 9.17) is 5.73 Å². The number of aromatic nitrogens is 2. The second-order valence-electron chi connectivity index (χ2n) is 3.94. The topological polar surface area (TPSA) is 57.9 Å². The van der Waals surface area contributed by atoms with E-state index in [9.17, 15) is 0 Å². The summed E-state index contributed by atoms with van der Waals surface area (Å²) in [5.41, 5.74) is 6.69. The molecular weight excluding hydrogens is 164 g/mol. The number of likely N-dealkylation sites (tertiary alicyclic amines) is 1. The highest BCUT2D eigenvalue weighted by Crippen LogP contribution is 2.18. The maximum Gasteiger partial charge on any atom is 0.145 e. The average Bonchev–Trinajstić information content (AvgIpc) is 2.62. The molecule has 0 spiro atoms. The smallest absolute Gasteiger partial charge is 0.145 e. The number of hydrogen-bond acceptors (Lipinski definition) is 3. The molecule has 1 aliphatic rings. The van der Waals surface area contributed by atoms with Crippen molar-refractivity contribution >= 4 is 5.82 Å².